The van der Waals surface area contributed by atoms with Crippen molar-refractivity contribution in [3.05, 3.63) is 47.5 Å². The predicted octanol–water partition coefficient (Wildman–Crippen LogP) is 1.61. The molecular formula is C15H23N5. The summed E-state index contributed by atoms with van der Waals surface area (Å²) in [4.78, 5) is 4.30. The fourth-order valence-corrected chi connectivity index (χ4v) is 2.40. The molecule has 1 atom stereocenters. The lowest BCUT2D eigenvalue weighted by atomic mass is 10.00. The van der Waals surface area contributed by atoms with Gasteiger partial charge in [0.1, 0.15) is 12.2 Å². The third kappa shape index (κ3) is 3.65. The van der Waals surface area contributed by atoms with Crippen molar-refractivity contribution >= 4 is 0 Å². The summed E-state index contributed by atoms with van der Waals surface area (Å²) >= 11 is 0. The molecule has 5 heteroatoms. The number of aryl methyl sites for hydroxylation is 3. The number of hydrogen-bond acceptors (Lipinski definition) is 4. The fourth-order valence-electron chi connectivity index (χ4n) is 2.40. The van der Waals surface area contributed by atoms with Gasteiger partial charge >= 0.3 is 0 Å². The Bertz CT molecular complexity index is 535. The predicted molar refractivity (Wildman–Crippen MR) is 80.0 cm³/mol. The highest BCUT2D eigenvalue weighted by molar-refractivity contribution is 5.25. The molecule has 0 aliphatic heterocycles. The Kier molecular flexibility index (Phi) is 5.26. The molecule has 0 saturated carbocycles. The lowest BCUT2D eigenvalue weighted by Gasteiger charge is -2.16. The molecule has 2 rings (SSSR count). The van der Waals surface area contributed by atoms with Crippen LogP contribution in [0.15, 0.2) is 30.6 Å². The molecule has 0 radical (unpaired) electrons. The second-order valence-electron chi connectivity index (χ2n) is 5.02. The molecule has 0 spiro atoms. The van der Waals surface area contributed by atoms with Gasteiger partial charge in [0.05, 0.1) is 0 Å². The molecule has 0 bridgehead atoms. The van der Waals surface area contributed by atoms with Gasteiger partial charge in [-0.3, -0.25) is 16.0 Å². The summed E-state index contributed by atoms with van der Waals surface area (Å²) in [6.07, 6.45) is 4.41. The van der Waals surface area contributed by atoms with E-state index < -0.39 is 0 Å². The normalized spacial score (nSPS) is 12.6. The van der Waals surface area contributed by atoms with E-state index in [1.165, 1.54) is 11.1 Å². The van der Waals surface area contributed by atoms with Crippen LogP contribution in [0.25, 0.3) is 0 Å². The largest absolute Gasteiger partial charge is 0.271 e. The summed E-state index contributed by atoms with van der Waals surface area (Å²) in [6, 6.07) is 8.69. The maximum Gasteiger partial charge on any atom is 0.138 e. The average Bonchev–Trinajstić information content (AvgIpc) is 2.92. The Hall–Kier alpha value is -1.72. The highest BCUT2D eigenvalue weighted by Gasteiger charge is 2.12. The van der Waals surface area contributed by atoms with Crippen molar-refractivity contribution in [1.29, 1.82) is 0 Å². The van der Waals surface area contributed by atoms with E-state index in [2.05, 4.69) is 53.6 Å². The van der Waals surface area contributed by atoms with Gasteiger partial charge in [-0.1, -0.05) is 24.3 Å². The lowest BCUT2D eigenvalue weighted by molar-refractivity contribution is 0.466. The molecule has 108 valence electrons. The van der Waals surface area contributed by atoms with Crippen LogP contribution >= 0.6 is 0 Å². The summed E-state index contributed by atoms with van der Waals surface area (Å²) in [5.41, 5.74) is 5.61. The second-order valence-corrected chi connectivity index (χ2v) is 5.02. The highest BCUT2D eigenvalue weighted by atomic mass is 15.3. The van der Waals surface area contributed by atoms with Crippen molar-refractivity contribution in [2.75, 3.05) is 0 Å². The van der Waals surface area contributed by atoms with Crippen molar-refractivity contribution < 1.29 is 0 Å². The van der Waals surface area contributed by atoms with Gasteiger partial charge in [0, 0.05) is 19.0 Å². The number of nitrogens with one attached hydrogen (secondary N) is 1. The van der Waals surface area contributed by atoms with Crippen LogP contribution in [0.4, 0.5) is 0 Å². The molecule has 0 aliphatic carbocycles. The third-order valence-electron chi connectivity index (χ3n) is 3.68. The van der Waals surface area contributed by atoms with Crippen LogP contribution < -0.4 is 11.3 Å². The zero-order valence-electron chi connectivity index (χ0n) is 12.2. The monoisotopic (exact) mass is 273 g/mol. The first kappa shape index (κ1) is 14.7. The molecule has 0 fully saturated rings. The van der Waals surface area contributed by atoms with E-state index in [1.807, 2.05) is 4.68 Å². The molecule has 1 aromatic heterocycles. The minimum atomic E-state index is 0.212. The van der Waals surface area contributed by atoms with Crippen molar-refractivity contribution in [3.8, 4) is 0 Å². The van der Waals surface area contributed by atoms with Gasteiger partial charge < -0.3 is 0 Å². The summed E-state index contributed by atoms with van der Waals surface area (Å²) in [5.74, 6) is 6.66. The van der Waals surface area contributed by atoms with E-state index in [0.29, 0.717) is 0 Å². The van der Waals surface area contributed by atoms with Crippen LogP contribution in [0.2, 0.25) is 0 Å². The molecule has 2 aromatic rings. The number of aromatic nitrogens is 3. The number of hydrazine groups is 1. The van der Waals surface area contributed by atoms with Crippen molar-refractivity contribution in [2.45, 2.75) is 45.7 Å². The molecule has 3 N–H and O–H groups in total. The van der Waals surface area contributed by atoms with Crippen LogP contribution in [-0.2, 0) is 19.4 Å². The van der Waals surface area contributed by atoms with E-state index in [1.54, 1.807) is 6.33 Å². The van der Waals surface area contributed by atoms with Crippen LogP contribution in [0, 0.1) is 6.92 Å². The van der Waals surface area contributed by atoms with Gasteiger partial charge in [-0.05, 0) is 37.8 Å². The van der Waals surface area contributed by atoms with Gasteiger partial charge in [-0.25, -0.2) is 4.98 Å². The minimum Gasteiger partial charge on any atom is -0.271 e. The Labute approximate surface area is 120 Å². The molecule has 0 amide bonds. The Morgan fingerprint density at radius 2 is 2.15 bits per heavy atom. The molecule has 1 unspecified atom stereocenters. The molecule has 0 aliphatic rings. The van der Waals surface area contributed by atoms with E-state index in [0.717, 1.165) is 31.6 Å². The number of nitrogens with zero attached hydrogens (tertiary/aromatic N) is 3. The Morgan fingerprint density at radius 3 is 2.85 bits per heavy atom. The van der Waals surface area contributed by atoms with Crippen molar-refractivity contribution in [3.63, 3.8) is 0 Å². The van der Waals surface area contributed by atoms with Crippen molar-refractivity contribution in [2.24, 2.45) is 5.84 Å². The number of rotatable bonds is 7. The van der Waals surface area contributed by atoms with Crippen LogP contribution in [0.3, 0.4) is 0 Å². The maximum absolute atomic E-state index is 5.68. The molecule has 20 heavy (non-hydrogen) atoms. The van der Waals surface area contributed by atoms with Gasteiger partial charge in [-0.15, -0.1) is 0 Å². The van der Waals surface area contributed by atoms with Crippen LogP contribution in [-0.4, -0.2) is 20.8 Å². The average molecular weight is 273 g/mol. The first-order valence-electron chi connectivity index (χ1n) is 7.12. The van der Waals surface area contributed by atoms with Crippen LogP contribution in [0.1, 0.15) is 30.3 Å². The Morgan fingerprint density at radius 1 is 1.35 bits per heavy atom. The fraction of sp³-hybridized carbons (Fsp3) is 0.467. The van der Waals surface area contributed by atoms with E-state index in [-0.39, 0.29) is 6.04 Å². The van der Waals surface area contributed by atoms with Gasteiger partial charge in [0.15, 0.2) is 0 Å². The van der Waals surface area contributed by atoms with Gasteiger partial charge in [-0.2, -0.15) is 5.10 Å². The minimum absolute atomic E-state index is 0.212. The standard InChI is InChI=1S/C15H23N5/c1-3-20-15(17-11-18-20)10-14(19-16)9-8-13-7-5-4-6-12(13)2/h4-7,11,14,19H,3,8-10,16H2,1-2H3. The number of nitrogens with two attached hydrogens (primary N) is 1. The zero-order valence-corrected chi connectivity index (χ0v) is 12.2. The van der Waals surface area contributed by atoms with E-state index in [4.69, 9.17) is 5.84 Å². The quantitative estimate of drug-likeness (QED) is 0.594. The molecular weight excluding hydrogens is 250 g/mol. The second kappa shape index (κ2) is 7.17. The van der Waals surface area contributed by atoms with Crippen molar-refractivity contribution in [1.82, 2.24) is 20.2 Å². The molecule has 5 nitrogen and oxygen atoms in total. The topological polar surface area (TPSA) is 68.8 Å². The maximum atomic E-state index is 5.68. The highest BCUT2D eigenvalue weighted by Crippen LogP contribution is 2.12. The smallest absolute Gasteiger partial charge is 0.138 e. The summed E-state index contributed by atoms with van der Waals surface area (Å²) in [5, 5.41) is 4.19. The lowest BCUT2D eigenvalue weighted by Crippen LogP contribution is -2.38. The molecule has 0 saturated heterocycles. The van der Waals surface area contributed by atoms with E-state index in [9.17, 15) is 0 Å². The van der Waals surface area contributed by atoms with E-state index >= 15 is 0 Å². The summed E-state index contributed by atoms with van der Waals surface area (Å²) < 4.78 is 1.91. The summed E-state index contributed by atoms with van der Waals surface area (Å²) in [6.45, 7) is 5.05. The third-order valence-corrected chi connectivity index (χ3v) is 3.68. The SMILES string of the molecule is CCn1ncnc1CC(CCc1ccccc1C)NN. The number of benzene rings is 1. The first-order valence-corrected chi connectivity index (χ1v) is 7.12. The summed E-state index contributed by atoms with van der Waals surface area (Å²) in [7, 11) is 0. The Balaban J connectivity index is 1.94. The zero-order chi connectivity index (χ0) is 14.4. The molecule has 1 heterocycles. The number of hydrogen-bond donors (Lipinski definition) is 2. The van der Waals surface area contributed by atoms with Crippen LogP contribution in [0.5, 0.6) is 0 Å². The van der Waals surface area contributed by atoms with Gasteiger partial charge in [0.2, 0.25) is 0 Å². The first-order chi connectivity index (χ1) is 9.74. The molecule has 1 aromatic carbocycles. The van der Waals surface area contributed by atoms with Gasteiger partial charge in [0.25, 0.3) is 0 Å².